The maximum absolute atomic E-state index is 10.2. The summed E-state index contributed by atoms with van der Waals surface area (Å²) in [7, 11) is 0. The first-order valence-corrected chi connectivity index (χ1v) is 10.9. The molecular weight excluding hydrogens is 312 g/mol. The van der Waals surface area contributed by atoms with Gasteiger partial charge in [0.05, 0.1) is 12.3 Å². The van der Waals surface area contributed by atoms with E-state index in [1.165, 1.54) is 77.0 Å². The molecule has 0 aromatic rings. The van der Waals surface area contributed by atoms with Gasteiger partial charge in [-0.15, -0.1) is 0 Å². The third-order valence-electron chi connectivity index (χ3n) is 5.25. The van der Waals surface area contributed by atoms with E-state index in [1.54, 1.807) is 0 Å². The number of aliphatic hydroxyl groups is 2. The summed E-state index contributed by atoms with van der Waals surface area (Å²) in [5.74, 6) is -0.0769. The van der Waals surface area contributed by atoms with Crippen molar-refractivity contribution in [2.24, 2.45) is 17.4 Å². The largest absolute Gasteiger partial charge is 0.396 e. The van der Waals surface area contributed by atoms with E-state index >= 15 is 0 Å². The average Bonchev–Trinajstić information content (AvgIpc) is 2.59. The Morgan fingerprint density at radius 3 is 1.48 bits per heavy atom. The van der Waals surface area contributed by atoms with Crippen LogP contribution in [0.15, 0.2) is 0 Å². The Morgan fingerprint density at radius 1 is 0.640 bits per heavy atom. The minimum absolute atomic E-state index is 0.0202. The van der Waals surface area contributed by atoms with Crippen LogP contribution in [0.5, 0.6) is 0 Å². The molecule has 4 heteroatoms. The normalized spacial score (nSPS) is 14.2. The van der Waals surface area contributed by atoms with Crippen molar-refractivity contribution in [2.75, 3.05) is 6.61 Å². The molecular formula is C21H46N2O2. The quantitative estimate of drug-likeness (QED) is 0.203. The summed E-state index contributed by atoms with van der Waals surface area (Å²) in [6, 6.07) is 0. The molecule has 25 heavy (non-hydrogen) atoms. The van der Waals surface area contributed by atoms with Crippen LogP contribution in [0.2, 0.25) is 0 Å². The Kier molecular flexibility index (Phi) is 18.5. The fourth-order valence-corrected chi connectivity index (χ4v) is 3.42. The Morgan fingerprint density at radius 2 is 1.08 bits per heavy atom. The summed E-state index contributed by atoms with van der Waals surface area (Å²) >= 11 is 0. The molecule has 0 bridgehead atoms. The lowest BCUT2D eigenvalue weighted by molar-refractivity contribution is 0.0523. The molecule has 152 valence electrons. The molecule has 0 saturated carbocycles. The highest BCUT2D eigenvalue weighted by Crippen LogP contribution is 2.18. The molecule has 0 aromatic heterocycles. The van der Waals surface area contributed by atoms with Crippen molar-refractivity contribution >= 4 is 0 Å². The van der Waals surface area contributed by atoms with E-state index in [0.29, 0.717) is 12.8 Å². The third-order valence-corrected chi connectivity index (χ3v) is 5.25. The lowest BCUT2D eigenvalue weighted by Crippen LogP contribution is -2.33. The van der Waals surface area contributed by atoms with Crippen molar-refractivity contribution in [3.63, 3.8) is 0 Å². The summed E-state index contributed by atoms with van der Waals surface area (Å²) in [5, 5.41) is 19.5. The summed E-state index contributed by atoms with van der Waals surface area (Å²) in [4.78, 5) is 0. The molecule has 0 saturated heterocycles. The Bertz CT molecular complexity index is 262. The highest BCUT2D eigenvalue weighted by Gasteiger charge is 2.18. The molecule has 0 spiro atoms. The van der Waals surface area contributed by atoms with E-state index in [1.807, 2.05) is 0 Å². The fraction of sp³-hybridized carbons (Fsp3) is 1.00. The first-order valence-electron chi connectivity index (χ1n) is 10.9. The smallest absolute Gasteiger partial charge is 0.0590 e. The zero-order chi connectivity index (χ0) is 18.8. The van der Waals surface area contributed by atoms with Crippen LogP contribution < -0.4 is 11.5 Å². The fourth-order valence-electron chi connectivity index (χ4n) is 3.42. The van der Waals surface area contributed by atoms with E-state index in [9.17, 15) is 10.2 Å². The van der Waals surface area contributed by atoms with E-state index in [-0.39, 0.29) is 18.7 Å². The molecule has 0 rings (SSSR count). The van der Waals surface area contributed by atoms with Gasteiger partial charge in [-0.1, -0.05) is 90.4 Å². The molecule has 0 aliphatic heterocycles. The second kappa shape index (κ2) is 18.6. The summed E-state index contributed by atoms with van der Waals surface area (Å²) in [6.07, 6.45) is 18.7. The highest BCUT2D eigenvalue weighted by molar-refractivity contribution is 4.70. The van der Waals surface area contributed by atoms with Crippen molar-refractivity contribution in [3.8, 4) is 0 Å². The van der Waals surface area contributed by atoms with Crippen molar-refractivity contribution in [2.45, 2.75) is 122 Å². The summed E-state index contributed by atoms with van der Waals surface area (Å²) < 4.78 is 0. The van der Waals surface area contributed by atoms with Gasteiger partial charge in [0.25, 0.3) is 0 Å². The first-order chi connectivity index (χ1) is 12.1. The zero-order valence-corrected chi connectivity index (χ0v) is 16.8. The van der Waals surface area contributed by atoms with Gasteiger partial charge in [-0.2, -0.15) is 0 Å². The molecule has 0 amide bonds. The second-order valence-corrected chi connectivity index (χ2v) is 7.78. The monoisotopic (exact) mass is 358 g/mol. The van der Waals surface area contributed by atoms with Gasteiger partial charge >= 0.3 is 0 Å². The third kappa shape index (κ3) is 17.0. The number of aliphatic hydroxyl groups excluding tert-OH is 2. The highest BCUT2D eigenvalue weighted by atomic mass is 16.3. The standard InChI is InChI=1S/C21H46N2O2/c1-2-3-4-5-6-7-8-9-10-11-12-13-14-15-20(25)19(18-24)16-17-21(22)23/h19-21,24-25H,2-18,22-23H2,1H3. The maximum atomic E-state index is 10.2. The minimum atomic E-state index is -0.420. The topological polar surface area (TPSA) is 92.5 Å². The van der Waals surface area contributed by atoms with Gasteiger partial charge in [0.1, 0.15) is 0 Å². The van der Waals surface area contributed by atoms with Gasteiger partial charge in [0.15, 0.2) is 0 Å². The van der Waals surface area contributed by atoms with Gasteiger partial charge < -0.3 is 21.7 Å². The molecule has 0 aliphatic carbocycles. The zero-order valence-electron chi connectivity index (χ0n) is 16.8. The van der Waals surface area contributed by atoms with Crippen molar-refractivity contribution < 1.29 is 10.2 Å². The van der Waals surface area contributed by atoms with Crippen LogP contribution in [0.3, 0.4) is 0 Å². The Hall–Kier alpha value is -0.160. The van der Waals surface area contributed by atoms with E-state index in [0.717, 1.165) is 12.8 Å². The van der Waals surface area contributed by atoms with Crippen molar-refractivity contribution in [1.29, 1.82) is 0 Å². The molecule has 0 aromatic carbocycles. The minimum Gasteiger partial charge on any atom is -0.396 e. The Labute approximate surface area is 156 Å². The number of hydrogen-bond donors (Lipinski definition) is 4. The molecule has 0 fully saturated rings. The van der Waals surface area contributed by atoms with Crippen LogP contribution in [-0.4, -0.2) is 29.1 Å². The van der Waals surface area contributed by atoms with Gasteiger partial charge in [-0.25, -0.2) is 0 Å². The van der Waals surface area contributed by atoms with Crippen molar-refractivity contribution in [3.05, 3.63) is 0 Å². The van der Waals surface area contributed by atoms with Gasteiger partial charge in [-0.3, -0.25) is 0 Å². The predicted octanol–water partition coefficient (Wildman–Crippen LogP) is 4.46. The van der Waals surface area contributed by atoms with Crippen LogP contribution in [-0.2, 0) is 0 Å². The number of hydrogen-bond acceptors (Lipinski definition) is 4. The Balaban J connectivity index is 3.36. The van der Waals surface area contributed by atoms with Crippen LogP contribution in [0, 0.1) is 5.92 Å². The van der Waals surface area contributed by atoms with E-state index < -0.39 is 6.10 Å². The van der Waals surface area contributed by atoms with Gasteiger partial charge in [0, 0.05) is 12.5 Å². The summed E-state index contributed by atoms with van der Waals surface area (Å²) in [5.41, 5.74) is 11.1. The first kappa shape index (κ1) is 24.8. The maximum Gasteiger partial charge on any atom is 0.0590 e. The molecule has 2 unspecified atom stereocenters. The van der Waals surface area contributed by atoms with Gasteiger partial charge in [0.2, 0.25) is 0 Å². The molecule has 0 radical (unpaired) electrons. The molecule has 0 heterocycles. The average molecular weight is 359 g/mol. The molecule has 2 atom stereocenters. The molecule has 4 nitrogen and oxygen atoms in total. The van der Waals surface area contributed by atoms with Crippen LogP contribution in [0.25, 0.3) is 0 Å². The van der Waals surface area contributed by atoms with E-state index in [2.05, 4.69) is 6.92 Å². The van der Waals surface area contributed by atoms with Crippen LogP contribution in [0.4, 0.5) is 0 Å². The lowest BCUT2D eigenvalue weighted by atomic mass is 9.93. The van der Waals surface area contributed by atoms with Crippen LogP contribution in [0.1, 0.15) is 110 Å². The van der Waals surface area contributed by atoms with Crippen LogP contribution >= 0.6 is 0 Å². The van der Waals surface area contributed by atoms with Gasteiger partial charge in [-0.05, 0) is 19.3 Å². The van der Waals surface area contributed by atoms with E-state index in [4.69, 9.17) is 11.5 Å². The number of rotatable bonds is 19. The lowest BCUT2D eigenvalue weighted by Gasteiger charge is -2.21. The molecule has 6 N–H and O–H groups in total. The second-order valence-electron chi connectivity index (χ2n) is 7.78. The van der Waals surface area contributed by atoms with Crippen molar-refractivity contribution in [1.82, 2.24) is 0 Å². The molecule has 0 aliphatic rings. The summed E-state index contributed by atoms with van der Waals surface area (Å²) in [6.45, 7) is 2.29. The number of unbranched alkanes of at least 4 members (excludes halogenated alkanes) is 12. The number of nitrogens with two attached hydrogens (primary N) is 2. The predicted molar refractivity (Wildman–Crippen MR) is 108 cm³/mol. The SMILES string of the molecule is CCCCCCCCCCCCCCCC(O)C(CO)CCC(N)N.